The van der Waals surface area contributed by atoms with Crippen LogP contribution in [-0.4, -0.2) is 47.7 Å². The second kappa shape index (κ2) is 13.8. The summed E-state index contributed by atoms with van der Waals surface area (Å²) in [5.74, 6) is -2.95. The van der Waals surface area contributed by atoms with Gasteiger partial charge in [0.25, 0.3) is 0 Å². The summed E-state index contributed by atoms with van der Waals surface area (Å²) in [6.45, 7) is -9.41. The van der Waals surface area contributed by atoms with Gasteiger partial charge in [0.15, 0.2) is 5.78 Å². The number of ketones is 1. The fourth-order valence-corrected chi connectivity index (χ4v) is 3.37. The van der Waals surface area contributed by atoms with Crippen LogP contribution in [0, 0.1) is 18.3 Å². The van der Waals surface area contributed by atoms with Gasteiger partial charge in [0, 0.05) is 54.3 Å². The zero-order valence-electron chi connectivity index (χ0n) is 40.7. The molecular formula is C32H32ClN5O3. The Kier molecular flexibility index (Phi) is 4.52. The van der Waals surface area contributed by atoms with E-state index in [1.54, 1.807) is 6.07 Å². The first-order valence-corrected chi connectivity index (χ1v) is 11.9. The molecule has 0 spiro atoms. The molecule has 2 heterocycles. The first-order chi connectivity index (χ1) is 27.3. The van der Waals surface area contributed by atoms with E-state index in [0.29, 0.717) is 6.08 Å². The molecule has 0 bridgehead atoms. The van der Waals surface area contributed by atoms with Gasteiger partial charge in [-0.25, -0.2) is 0 Å². The Bertz CT molecular complexity index is 2490. The van der Waals surface area contributed by atoms with Gasteiger partial charge in [0.1, 0.15) is 24.1 Å². The summed E-state index contributed by atoms with van der Waals surface area (Å²) in [5, 5.41) is 11.3. The number of aryl methyl sites for hydroxylation is 1. The molecule has 4 aromatic rings. The molecule has 0 aliphatic carbocycles. The molecule has 0 saturated heterocycles. The normalized spacial score (nSPS) is 19.4. The Balaban J connectivity index is 1.97. The zero-order valence-corrected chi connectivity index (χ0v) is 22.4. The topological polar surface area (TPSA) is 100 Å². The van der Waals surface area contributed by atoms with Crippen molar-refractivity contribution in [3.8, 4) is 17.6 Å². The maximum absolute atomic E-state index is 13.4. The molecule has 210 valence electrons. The first-order valence-electron chi connectivity index (χ1n) is 21.0. The number of hydrogen-bond acceptors (Lipinski definition) is 8. The number of aromatic nitrogens is 2. The summed E-state index contributed by atoms with van der Waals surface area (Å²) in [6, 6.07) is -5.86. The van der Waals surface area contributed by atoms with E-state index in [9.17, 15) is 11.4 Å². The third-order valence-electron chi connectivity index (χ3n) is 4.88. The maximum Gasteiger partial charge on any atom is 0.159 e. The number of nitrogens with zero attached hydrogens (tertiary/aromatic N) is 4. The van der Waals surface area contributed by atoms with Gasteiger partial charge in [-0.05, 0) is 70.2 Å². The second-order valence-corrected chi connectivity index (χ2v) is 8.27. The molecule has 9 heteroatoms. The molecule has 1 N–H and O–H groups in total. The van der Waals surface area contributed by atoms with Gasteiger partial charge in [-0.3, -0.25) is 14.8 Å². The van der Waals surface area contributed by atoms with Crippen molar-refractivity contribution in [2.24, 2.45) is 0 Å². The number of likely N-dealkylation sites (N-methyl/N-ethyl adjacent to an activating group) is 1. The molecule has 0 saturated carbocycles. The quantitative estimate of drug-likeness (QED) is 0.189. The number of rotatable bonds is 12. The van der Waals surface area contributed by atoms with E-state index < -0.39 is 155 Å². The van der Waals surface area contributed by atoms with Crippen LogP contribution in [-0.2, 0) is 17.8 Å². The van der Waals surface area contributed by atoms with Gasteiger partial charge in [0.05, 0.1) is 53.2 Å². The fraction of sp³-hybridized carbons (Fsp3) is 0.250. The summed E-state index contributed by atoms with van der Waals surface area (Å²) < 4.78 is 167. The lowest BCUT2D eigenvalue weighted by atomic mass is 10.0. The van der Waals surface area contributed by atoms with E-state index in [1.165, 1.54) is 6.92 Å². The number of carbonyl (C=O) groups excluding carboxylic acids is 1. The standard InChI is InChI=1S/C32H32ClN5O3/c1-5-40-31-17-29-27(15-22(31)14-26(39)10-7-13-38(3)4)32(23(18-34)19-35-29)37-24-11-12-30(28(33)16-24)41-20-25-9-6-8-21(2)36-25/h6-12,15-17,19H,5,13-14,20H2,1-4H3,(H,35,37)/b10-7+/i3D3,5D2,6D,8D,9D,10D,11D,12D,13D2,15D,16D,17D,19D,20D2. The summed E-state index contributed by atoms with van der Waals surface area (Å²) in [4.78, 5) is 21.5. The van der Waals surface area contributed by atoms with Crippen molar-refractivity contribution in [2.75, 3.05) is 32.4 Å². The lowest BCUT2D eigenvalue weighted by Gasteiger charge is -2.16. The highest BCUT2D eigenvalue weighted by molar-refractivity contribution is 6.32. The Morgan fingerprint density at radius 2 is 2.15 bits per heavy atom. The van der Waals surface area contributed by atoms with E-state index in [-0.39, 0.29) is 10.6 Å². The van der Waals surface area contributed by atoms with Crippen LogP contribution in [0.25, 0.3) is 10.9 Å². The van der Waals surface area contributed by atoms with Crippen LogP contribution >= 0.6 is 11.6 Å². The largest absolute Gasteiger partial charge is 0.494 e. The molecule has 0 atom stereocenters. The molecule has 0 unspecified atom stereocenters. The molecule has 0 amide bonds. The molecule has 0 fully saturated rings. The number of benzene rings is 2. The minimum Gasteiger partial charge on any atom is -0.494 e. The van der Waals surface area contributed by atoms with Crippen molar-refractivity contribution in [2.45, 2.75) is 26.8 Å². The van der Waals surface area contributed by atoms with Crippen molar-refractivity contribution in [3.05, 3.63) is 94.2 Å². The van der Waals surface area contributed by atoms with Crippen molar-refractivity contribution in [1.82, 2.24) is 14.9 Å². The lowest BCUT2D eigenvalue weighted by molar-refractivity contribution is -0.114. The van der Waals surface area contributed by atoms with Gasteiger partial charge in [0.2, 0.25) is 0 Å². The van der Waals surface area contributed by atoms with E-state index in [2.05, 4.69) is 15.3 Å². The summed E-state index contributed by atoms with van der Waals surface area (Å²) in [6.07, 6.45) is -1.54. The van der Waals surface area contributed by atoms with Gasteiger partial charge >= 0.3 is 0 Å². The first kappa shape index (κ1) is 13.5. The molecule has 2 aromatic heterocycles. The summed E-state index contributed by atoms with van der Waals surface area (Å²) in [5.41, 5.74) is -4.13. The van der Waals surface area contributed by atoms with Crippen LogP contribution in [0.1, 0.15) is 55.5 Å². The SMILES string of the molecule is [2H]/C(=C\C([2H])([2H])N(C)C([2H])([2H])[2H])C(=O)Cc1c(OC([2H])([2H])C)c([2H])c2nc([2H])c(C#N)c(Nc3c([2H])c([2H])c(OC([2H])([2H])c4nc(C)c([2H])c([2H])c4[2H])c(Cl)c3[2H])c2c1[2H]. The summed E-state index contributed by atoms with van der Waals surface area (Å²) in [7, 11) is 0.878. The lowest BCUT2D eigenvalue weighted by Crippen LogP contribution is -2.11. The third kappa shape index (κ3) is 7.82. The minimum atomic E-state index is -3.12. The molecule has 2 aromatic carbocycles. The molecule has 4 rings (SSSR count). The molecule has 41 heavy (non-hydrogen) atoms. The molecule has 0 aliphatic rings. The number of allylic oxidation sites excluding steroid dienone is 1. The van der Waals surface area contributed by atoms with E-state index in [1.807, 2.05) is 0 Å². The molecule has 0 aliphatic heterocycles. The number of carbonyl (C=O) groups is 1. The van der Waals surface area contributed by atoms with E-state index in [4.69, 9.17) is 45.7 Å². The number of nitrogens with one attached hydrogen (secondary N) is 1. The van der Waals surface area contributed by atoms with Gasteiger partial charge in [-0.2, -0.15) is 5.26 Å². The van der Waals surface area contributed by atoms with Crippen molar-refractivity contribution >= 4 is 39.7 Å². The number of hydrogen-bond donors (Lipinski definition) is 1. The summed E-state index contributed by atoms with van der Waals surface area (Å²) >= 11 is 6.42. The Labute approximate surface area is 271 Å². The van der Waals surface area contributed by atoms with Crippen LogP contribution in [0.2, 0.25) is 5.02 Å². The average molecular weight is 589 g/mol. The Morgan fingerprint density at radius 1 is 1.29 bits per heavy atom. The van der Waals surface area contributed by atoms with Gasteiger partial charge in [-0.15, -0.1) is 0 Å². The van der Waals surface area contributed by atoms with Crippen molar-refractivity contribution in [1.29, 1.82) is 5.26 Å². The van der Waals surface area contributed by atoms with E-state index in [0.717, 1.165) is 14.0 Å². The number of anilines is 2. The number of pyridine rings is 2. The second-order valence-electron chi connectivity index (χ2n) is 7.89. The van der Waals surface area contributed by atoms with Gasteiger partial charge in [-0.1, -0.05) is 23.7 Å². The Morgan fingerprint density at radius 3 is 2.93 bits per heavy atom. The maximum atomic E-state index is 13.4. The Hall–Kier alpha value is -4.45. The van der Waals surface area contributed by atoms with E-state index >= 15 is 0 Å². The number of ether oxygens (including phenoxy) is 2. The zero-order chi connectivity index (χ0) is 45.9. The highest BCUT2D eigenvalue weighted by Crippen LogP contribution is 2.36. The third-order valence-corrected chi connectivity index (χ3v) is 5.15. The molecule has 0 radical (unpaired) electrons. The van der Waals surface area contributed by atoms with Crippen LogP contribution in [0.3, 0.4) is 0 Å². The minimum absolute atomic E-state index is 0.133. The predicted octanol–water partition coefficient (Wildman–Crippen LogP) is 6.41. The molecule has 8 nitrogen and oxygen atoms in total. The highest BCUT2D eigenvalue weighted by atomic mass is 35.5. The number of fused-ring (bicyclic) bond motifs is 1. The van der Waals surface area contributed by atoms with Crippen molar-refractivity contribution < 1.29 is 40.3 Å². The highest BCUT2D eigenvalue weighted by Gasteiger charge is 2.16. The van der Waals surface area contributed by atoms with Gasteiger partial charge < -0.3 is 19.7 Å². The average Bonchev–Trinajstić information content (AvgIpc) is 3.13. The predicted molar refractivity (Wildman–Crippen MR) is 162 cm³/mol. The number of halogens is 1. The van der Waals surface area contributed by atoms with Crippen molar-refractivity contribution in [3.63, 3.8) is 0 Å². The van der Waals surface area contributed by atoms with Crippen LogP contribution in [0.5, 0.6) is 11.5 Å². The van der Waals surface area contributed by atoms with Crippen LogP contribution in [0.4, 0.5) is 11.4 Å². The van der Waals surface area contributed by atoms with Crippen LogP contribution < -0.4 is 14.8 Å². The van der Waals surface area contributed by atoms with Crippen LogP contribution in [0.15, 0.2) is 66.6 Å². The number of nitriles is 1. The fourth-order valence-electron chi connectivity index (χ4n) is 3.19. The monoisotopic (exact) mass is 588 g/mol. The smallest absolute Gasteiger partial charge is 0.159 e. The molecular weight excluding hydrogens is 538 g/mol.